The van der Waals surface area contributed by atoms with E-state index >= 15 is 0 Å². The van der Waals surface area contributed by atoms with Crippen molar-refractivity contribution in [1.29, 1.82) is 0 Å². The van der Waals surface area contributed by atoms with Crippen molar-refractivity contribution in [1.82, 2.24) is 15.2 Å². The molecule has 130 valence electrons. The van der Waals surface area contributed by atoms with Crippen LogP contribution < -0.4 is 5.32 Å². The van der Waals surface area contributed by atoms with Gasteiger partial charge in [0, 0.05) is 29.5 Å². The minimum Gasteiger partial charge on any atom is -0.343 e. The van der Waals surface area contributed by atoms with E-state index in [4.69, 9.17) is 0 Å². The predicted molar refractivity (Wildman–Crippen MR) is 98.4 cm³/mol. The molecule has 1 aromatic heterocycles. The van der Waals surface area contributed by atoms with Gasteiger partial charge >= 0.3 is 0 Å². The van der Waals surface area contributed by atoms with Gasteiger partial charge in [0.15, 0.2) is 0 Å². The molecule has 2 saturated heterocycles. The van der Waals surface area contributed by atoms with Crippen LogP contribution in [0.2, 0.25) is 0 Å². The zero-order valence-electron chi connectivity index (χ0n) is 14.9. The average Bonchev–Trinajstić information content (AvgIpc) is 3.13. The smallest absolute Gasteiger partial charge is 0.252 e. The Labute approximate surface area is 149 Å². The van der Waals surface area contributed by atoms with Gasteiger partial charge in [-0.2, -0.15) is 0 Å². The van der Waals surface area contributed by atoms with Crippen molar-refractivity contribution < 1.29 is 4.79 Å². The average molecular weight is 335 g/mol. The van der Waals surface area contributed by atoms with E-state index in [0.29, 0.717) is 11.6 Å². The Bertz CT molecular complexity index is 766. The zero-order chi connectivity index (χ0) is 17.4. The van der Waals surface area contributed by atoms with Crippen LogP contribution in [0.25, 0.3) is 0 Å². The highest BCUT2D eigenvalue weighted by molar-refractivity contribution is 5.95. The summed E-state index contributed by atoms with van der Waals surface area (Å²) in [4.78, 5) is 19.6. The molecule has 1 unspecified atom stereocenters. The molecule has 0 aliphatic carbocycles. The number of nitrogens with zero attached hydrogens (tertiary/aromatic N) is 2. The number of nitrogens with one attached hydrogen (secondary N) is 1. The van der Waals surface area contributed by atoms with Crippen LogP contribution in [-0.4, -0.2) is 34.4 Å². The molecular weight excluding hydrogens is 310 g/mol. The summed E-state index contributed by atoms with van der Waals surface area (Å²) in [5.74, 6) is -0.00752. The number of carbonyl (C=O) groups excluding carboxylic acids is 1. The van der Waals surface area contributed by atoms with Crippen LogP contribution in [-0.2, 0) is 0 Å². The van der Waals surface area contributed by atoms with Crippen LogP contribution in [0, 0.1) is 6.92 Å². The molecule has 1 atom stereocenters. The van der Waals surface area contributed by atoms with Gasteiger partial charge in [0.05, 0.1) is 6.04 Å². The predicted octanol–water partition coefficient (Wildman–Crippen LogP) is 3.49. The van der Waals surface area contributed by atoms with E-state index in [-0.39, 0.29) is 17.5 Å². The van der Waals surface area contributed by atoms with E-state index in [1.165, 1.54) is 18.4 Å². The molecule has 2 aliphatic heterocycles. The topological polar surface area (TPSA) is 45.2 Å². The molecule has 2 aliphatic rings. The van der Waals surface area contributed by atoms with Crippen molar-refractivity contribution in [2.24, 2.45) is 0 Å². The second-order valence-electron chi connectivity index (χ2n) is 7.45. The zero-order valence-corrected chi connectivity index (χ0v) is 14.9. The van der Waals surface area contributed by atoms with Crippen molar-refractivity contribution in [2.75, 3.05) is 7.05 Å². The van der Waals surface area contributed by atoms with E-state index < -0.39 is 0 Å². The number of carbonyl (C=O) groups is 1. The number of rotatable bonds is 4. The van der Waals surface area contributed by atoms with Gasteiger partial charge in [0.25, 0.3) is 5.91 Å². The van der Waals surface area contributed by atoms with Crippen LogP contribution >= 0.6 is 0 Å². The van der Waals surface area contributed by atoms with Gasteiger partial charge < -0.3 is 5.32 Å². The van der Waals surface area contributed by atoms with E-state index in [1.54, 1.807) is 18.5 Å². The third-order valence-electron chi connectivity index (χ3n) is 6.28. The molecule has 4 nitrogen and oxygen atoms in total. The van der Waals surface area contributed by atoms with Crippen LogP contribution in [0.3, 0.4) is 0 Å². The van der Waals surface area contributed by atoms with Gasteiger partial charge in [-0.15, -0.1) is 0 Å². The molecule has 2 bridgehead atoms. The standard InChI is InChI=1S/C21H25N3O/c1-15-14-22-13-10-18(15)20(25)23-19(16-6-4-3-5-7-16)21-11-8-17(9-12-21)24(21)2/h3-7,10,13-14,17,19H,8-9,11-12H2,1-2H3,(H,23,25). The van der Waals surface area contributed by atoms with Crippen molar-refractivity contribution in [3.05, 3.63) is 65.5 Å². The van der Waals surface area contributed by atoms with Gasteiger partial charge in [-0.25, -0.2) is 0 Å². The highest BCUT2D eigenvalue weighted by atomic mass is 16.1. The Morgan fingerprint density at radius 2 is 1.96 bits per heavy atom. The first-order valence-corrected chi connectivity index (χ1v) is 9.11. The summed E-state index contributed by atoms with van der Waals surface area (Å²) in [6, 6.07) is 12.9. The number of likely N-dealkylation sites (N-methyl/N-ethyl adjacent to an activating group) is 1. The summed E-state index contributed by atoms with van der Waals surface area (Å²) in [5.41, 5.74) is 2.84. The molecule has 3 heterocycles. The number of fused-ring (bicyclic) bond motifs is 2. The maximum Gasteiger partial charge on any atom is 0.252 e. The van der Waals surface area contributed by atoms with Gasteiger partial charge in [0.2, 0.25) is 0 Å². The lowest BCUT2D eigenvalue weighted by molar-refractivity contribution is 0.0837. The quantitative estimate of drug-likeness (QED) is 0.930. The van der Waals surface area contributed by atoms with Gasteiger partial charge in [-0.3, -0.25) is 14.7 Å². The number of aromatic nitrogens is 1. The largest absolute Gasteiger partial charge is 0.343 e. The lowest BCUT2D eigenvalue weighted by atomic mass is 9.78. The molecule has 4 heteroatoms. The Balaban J connectivity index is 1.70. The Hall–Kier alpha value is -2.20. The van der Waals surface area contributed by atoms with Crippen LogP contribution in [0.5, 0.6) is 0 Å². The van der Waals surface area contributed by atoms with Crippen LogP contribution in [0.1, 0.15) is 53.2 Å². The van der Waals surface area contributed by atoms with E-state index in [1.807, 2.05) is 13.0 Å². The fourth-order valence-electron chi connectivity index (χ4n) is 4.81. The molecule has 2 aromatic rings. The summed E-state index contributed by atoms with van der Waals surface area (Å²) >= 11 is 0. The van der Waals surface area contributed by atoms with Crippen molar-refractivity contribution in [2.45, 2.75) is 50.2 Å². The molecule has 4 rings (SSSR count). The third kappa shape index (κ3) is 2.65. The summed E-state index contributed by atoms with van der Waals surface area (Å²) in [7, 11) is 2.23. The summed E-state index contributed by atoms with van der Waals surface area (Å²) < 4.78 is 0. The molecule has 2 fully saturated rings. The first-order valence-electron chi connectivity index (χ1n) is 9.11. The molecule has 1 amide bonds. The van der Waals surface area contributed by atoms with Crippen molar-refractivity contribution in [3.8, 4) is 0 Å². The van der Waals surface area contributed by atoms with Crippen LogP contribution in [0.4, 0.5) is 0 Å². The van der Waals surface area contributed by atoms with E-state index in [9.17, 15) is 4.79 Å². The van der Waals surface area contributed by atoms with Gasteiger partial charge in [0.1, 0.15) is 0 Å². The lowest BCUT2D eigenvalue weighted by Gasteiger charge is -2.41. The second kappa shape index (κ2) is 6.26. The molecule has 25 heavy (non-hydrogen) atoms. The Kier molecular flexibility index (Phi) is 4.08. The number of amides is 1. The molecular formula is C21H25N3O. The van der Waals surface area contributed by atoms with Gasteiger partial charge in [-0.05, 0) is 56.8 Å². The van der Waals surface area contributed by atoms with Crippen LogP contribution in [0.15, 0.2) is 48.8 Å². The lowest BCUT2D eigenvalue weighted by Crippen LogP contribution is -2.51. The number of pyridine rings is 1. The highest BCUT2D eigenvalue weighted by Crippen LogP contribution is 2.51. The molecule has 1 aromatic carbocycles. The molecule has 0 saturated carbocycles. The SMILES string of the molecule is Cc1cnccc1C(=O)NC(c1ccccc1)C12CCC(CC1)N2C. The fourth-order valence-corrected chi connectivity index (χ4v) is 4.81. The molecule has 1 N–H and O–H groups in total. The summed E-state index contributed by atoms with van der Waals surface area (Å²) in [6.07, 6.45) is 8.17. The fraction of sp³-hybridized carbons (Fsp3) is 0.429. The number of hydrogen-bond acceptors (Lipinski definition) is 3. The van der Waals surface area contributed by atoms with E-state index in [0.717, 1.165) is 18.4 Å². The minimum atomic E-state index is -0.00752. The molecule has 0 spiro atoms. The van der Waals surface area contributed by atoms with Gasteiger partial charge in [-0.1, -0.05) is 30.3 Å². The second-order valence-corrected chi connectivity index (χ2v) is 7.45. The summed E-state index contributed by atoms with van der Waals surface area (Å²) in [5, 5.41) is 3.37. The number of hydrogen-bond donors (Lipinski definition) is 1. The Morgan fingerprint density at radius 3 is 2.56 bits per heavy atom. The highest BCUT2D eigenvalue weighted by Gasteiger charge is 2.54. The first kappa shape index (κ1) is 16.3. The Morgan fingerprint density at radius 1 is 1.24 bits per heavy atom. The van der Waals surface area contributed by atoms with Crippen molar-refractivity contribution >= 4 is 5.91 Å². The minimum absolute atomic E-state index is 0.00580. The summed E-state index contributed by atoms with van der Waals surface area (Å²) in [6.45, 7) is 1.94. The molecule has 0 radical (unpaired) electrons. The first-order chi connectivity index (χ1) is 12.1. The maximum absolute atomic E-state index is 13.0. The monoisotopic (exact) mass is 335 g/mol. The third-order valence-corrected chi connectivity index (χ3v) is 6.28. The number of aryl methyl sites for hydroxylation is 1. The van der Waals surface area contributed by atoms with E-state index in [2.05, 4.69) is 46.5 Å². The normalized spacial score (nSPS) is 26.6. The number of benzene rings is 1. The van der Waals surface area contributed by atoms with Crippen molar-refractivity contribution in [3.63, 3.8) is 0 Å². The maximum atomic E-state index is 13.0.